The summed E-state index contributed by atoms with van der Waals surface area (Å²) in [5, 5.41) is 0. The van der Waals surface area contributed by atoms with E-state index in [0.29, 0.717) is 4.90 Å². The molecule has 1 atom stereocenters. The minimum absolute atomic E-state index is 0.00769. The van der Waals surface area contributed by atoms with Gasteiger partial charge in [-0.15, -0.1) is 0 Å². The van der Waals surface area contributed by atoms with Crippen LogP contribution in [0.25, 0.3) is 0 Å². The third-order valence-electron chi connectivity index (χ3n) is 2.30. The molecule has 1 unspecified atom stereocenters. The average molecular weight is 228 g/mol. The second-order valence-corrected chi connectivity index (χ2v) is 5.49. The minimum Gasteiger partial charge on any atom is -0.271 e. The molecule has 0 aliphatic heterocycles. The van der Waals surface area contributed by atoms with Gasteiger partial charge in [-0.05, 0) is 24.1 Å². The standard InChI is InChI=1S/C10H16N2O2S/c1-3-10(12-11)8-5-4-6-9(7-8)15(2,13)14/h4-7,10,12H,3,11H2,1-2H3. The summed E-state index contributed by atoms with van der Waals surface area (Å²) in [5.74, 6) is 5.37. The first-order valence-corrected chi connectivity index (χ1v) is 6.64. The third kappa shape index (κ3) is 3.02. The molecule has 0 saturated heterocycles. The third-order valence-corrected chi connectivity index (χ3v) is 3.41. The Morgan fingerprint density at radius 1 is 1.47 bits per heavy atom. The predicted molar refractivity (Wildman–Crippen MR) is 59.9 cm³/mol. The molecule has 0 amide bonds. The van der Waals surface area contributed by atoms with E-state index in [1.165, 1.54) is 6.26 Å². The number of nitrogens with two attached hydrogens (primary N) is 1. The zero-order chi connectivity index (χ0) is 11.5. The van der Waals surface area contributed by atoms with Gasteiger partial charge in [0.1, 0.15) is 0 Å². The summed E-state index contributed by atoms with van der Waals surface area (Å²) < 4.78 is 22.7. The van der Waals surface area contributed by atoms with Gasteiger partial charge in [-0.25, -0.2) is 8.42 Å². The van der Waals surface area contributed by atoms with E-state index < -0.39 is 9.84 Å². The maximum Gasteiger partial charge on any atom is 0.175 e. The van der Waals surface area contributed by atoms with Crippen LogP contribution in [-0.2, 0) is 9.84 Å². The van der Waals surface area contributed by atoms with Crippen LogP contribution >= 0.6 is 0 Å². The number of sulfone groups is 1. The number of benzene rings is 1. The molecule has 0 bridgehead atoms. The Morgan fingerprint density at radius 3 is 2.60 bits per heavy atom. The van der Waals surface area contributed by atoms with Crippen LogP contribution in [0.1, 0.15) is 24.9 Å². The van der Waals surface area contributed by atoms with Crippen molar-refractivity contribution in [2.24, 2.45) is 5.84 Å². The highest BCUT2D eigenvalue weighted by Gasteiger charge is 2.11. The quantitative estimate of drug-likeness (QED) is 0.596. The van der Waals surface area contributed by atoms with Gasteiger partial charge in [0.2, 0.25) is 0 Å². The summed E-state index contributed by atoms with van der Waals surface area (Å²) in [6.07, 6.45) is 2.01. The molecule has 0 aromatic heterocycles. The van der Waals surface area contributed by atoms with E-state index in [0.717, 1.165) is 12.0 Å². The van der Waals surface area contributed by atoms with E-state index >= 15 is 0 Å². The normalized spacial score (nSPS) is 13.8. The molecular formula is C10H16N2O2S. The molecular weight excluding hydrogens is 212 g/mol. The van der Waals surface area contributed by atoms with Crippen molar-refractivity contribution in [3.8, 4) is 0 Å². The molecule has 4 nitrogen and oxygen atoms in total. The summed E-state index contributed by atoms with van der Waals surface area (Å²) in [4.78, 5) is 0.328. The highest BCUT2D eigenvalue weighted by molar-refractivity contribution is 7.90. The summed E-state index contributed by atoms with van der Waals surface area (Å²) in [5.41, 5.74) is 3.54. The molecule has 1 aromatic rings. The van der Waals surface area contributed by atoms with E-state index in [4.69, 9.17) is 5.84 Å². The molecule has 0 fully saturated rings. The zero-order valence-electron chi connectivity index (χ0n) is 8.90. The summed E-state index contributed by atoms with van der Waals surface area (Å²) in [6, 6.07) is 6.83. The molecule has 5 heteroatoms. The Morgan fingerprint density at radius 2 is 2.13 bits per heavy atom. The fourth-order valence-electron chi connectivity index (χ4n) is 1.41. The lowest BCUT2D eigenvalue weighted by Crippen LogP contribution is -2.27. The zero-order valence-corrected chi connectivity index (χ0v) is 9.71. The second-order valence-electron chi connectivity index (χ2n) is 3.47. The van der Waals surface area contributed by atoms with Crippen molar-refractivity contribution < 1.29 is 8.42 Å². The van der Waals surface area contributed by atoms with Crippen LogP contribution in [0, 0.1) is 0 Å². The Kier molecular flexibility index (Phi) is 3.84. The monoisotopic (exact) mass is 228 g/mol. The lowest BCUT2D eigenvalue weighted by atomic mass is 10.1. The van der Waals surface area contributed by atoms with Crippen molar-refractivity contribution in [2.45, 2.75) is 24.3 Å². The first-order chi connectivity index (χ1) is 6.99. The molecule has 3 N–H and O–H groups in total. The highest BCUT2D eigenvalue weighted by Crippen LogP contribution is 2.19. The molecule has 0 radical (unpaired) electrons. The lowest BCUT2D eigenvalue weighted by Gasteiger charge is -2.14. The van der Waals surface area contributed by atoms with Crippen LogP contribution in [0.3, 0.4) is 0 Å². The van der Waals surface area contributed by atoms with Crippen LogP contribution in [0.4, 0.5) is 0 Å². The van der Waals surface area contributed by atoms with Crippen molar-refractivity contribution in [3.05, 3.63) is 29.8 Å². The second kappa shape index (κ2) is 4.74. The van der Waals surface area contributed by atoms with Crippen molar-refractivity contribution in [2.75, 3.05) is 6.26 Å². The smallest absolute Gasteiger partial charge is 0.175 e. The van der Waals surface area contributed by atoms with Gasteiger partial charge in [0.05, 0.1) is 4.90 Å². The molecule has 0 heterocycles. The van der Waals surface area contributed by atoms with E-state index in [-0.39, 0.29) is 6.04 Å². The van der Waals surface area contributed by atoms with Crippen molar-refractivity contribution >= 4 is 9.84 Å². The van der Waals surface area contributed by atoms with Crippen molar-refractivity contribution in [3.63, 3.8) is 0 Å². The predicted octanol–water partition coefficient (Wildman–Crippen LogP) is 1.00. The maximum absolute atomic E-state index is 11.3. The molecule has 0 spiro atoms. The largest absolute Gasteiger partial charge is 0.271 e. The molecule has 1 rings (SSSR count). The van der Waals surface area contributed by atoms with Gasteiger partial charge in [0, 0.05) is 12.3 Å². The Labute approximate surface area is 90.4 Å². The first-order valence-electron chi connectivity index (χ1n) is 4.75. The molecule has 15 heavy (non-hydrogen) atoms. The highest BCUT2D eigenvalue weighted by atomic mass is 32.2. The van der Waals surface area contributed by atoms with Gasteiger partial charge >= 0.3 is 0 Å². The van der Waals surface area contributed by atoms with E-state index in [2.05, 4.69) is 5.43 Å². The van der Waals surface area contributed by atoms with Crippen LogP contribution in [-0.4, -0.2) is 14.7 Å². The Bertz CT molecular complexity index is 425. The number of hydrogen-bond acceptors (Lipinski definition) is 4. The van der Waals surface area contributed by atoms with Crippen molar-refractivity contribution in [1.82, 2.24) is 5.43 Å². The fraction of sp³-hybridized carbons (Fsp3) is 0.400. The van der Waals surface area contributed by atoms with Gasteiger partial charge < -0.3 is 0 Å². The first kappa shape index (κ1) is 12.2. The molecule has 0 aliphatic carbocycles. The number of rotatable bonds is 4. The maximum atomic E-state index is 11.3. The van der Waals surface area contributed by atoms with Crippen LogP contribution in [0.5, 0.6) is 0 Å². The average Bonchev–Trinajstić information content (AvgIpc) is 2.19. The van der Waals surface area contributed by atoms with Crippen molar-refractivity contribution in [1.29, 1.82) is 0 Å². The lowest BCUT2D eigenvalue weighted by molar-refractivity contribution is 0.537. The fourth-order valence-corrected chi connectivity index (χ4v) is 2.09. The SMILES string of the molecule is CCC(NN)c1cccc(S(C)(=O)=O)c1. The van der Waals surface area contributed by atoms with Gasteiger partial charge in [-0.3, -0.25) is 11.3 Å². The number of hydrazine groups is 1. The van der Waals surface area contributed by atoms with Gasteiger partial charge in [-0.1, -0.05) is 19.1 Å². The van der Waals surface area contributed by atoms with Crippen LogP contribution in [0.15, 0.2) is 29.2 Å². The summed E-state index contributed by atoms with van der Waals surface area (Å²) in [7, 11) is -3.14. The number of nitrogens with one attached hydrogen (secondary N) is 1. The van der Waals surface area contributed by atoms with Crippen LogP contribution < -0.4 is 11.3 Å². The number of hydrogen-bond donors (Lipinski definition) is 2. The summed E-state index contributed by atoms with van der Waals surface area (Å²) in [6.45, 7) is 1.98. The van der Waals surface area contributed by atoms with Crippen LogP contribution in [0.2, 0.25) is 0 Å². The topological polar surface area (TPSA) is 72.2 Å². The molecule has 0 aliphatic rings. The van der Waals surface area contributed by atoms with Gasteiger partial charge in [-0.2, -0.15) is 0 Å². The van der Waals surface area contributed by atoms with E-state index in [1.54, 1.807) is 18.2 Å². The summed E-state index contributed by atoms with van der Waals surface area (Å²) >= 11 is 0. The molecule has 1 aromatic carbocycles. The minimum atomic E-state index is -3.14. The van der Waals surface area contributed by atoms with Gasteiger partial charge in [0.15, 0.2) is 9.84 Å². The van der Waals surface area contributed by atoms with Gasteiger partial charge in [0.25, 0.3) is 0 Å². The van der Waals surface area contributed by atoms with E-state index in [9.17, 15) is 8.42 Å². The Balaban J connectivity index is 3.13. The van der Waals surface area contributed by atoms with E-state index in [1.807, 2.05) is 13.0 Å². The Hall–Kier alpha value is -0.910. The molecule has 84 valence electrons. The molecule has 0 saturated carbocycles.